The van der Waals surface area contributed by atoms with E-state index >= 15 is 0 Å². The minimum absolute atomic E-state index is 0.0398. The lowest BCUT2D eigenvalue weighted by Crippen LogP contribution is -2.46. The minimum Gasteiger partial charge on any atom is -0.378 e. The summed E-state index contributed by atoms with van der Waals surface area (Å²) in [5, 5.41) is 3.05. The second-order valence-corrected chi connectivity index (χ2v) is 6.86. The smallest absolute Gasteiger partial charge is 0.319 e. The molecule has 2 aliphatic heterocycles. The molecule has 2 fully saturated rings. The molecule has 0 radical (unpaired) electrons. The average Bonchev–Trinajstić information content (AvgIpc) is 3.07. The van der Waals surface area contributed by atoms with Crippen molar-refractivity contribution >= 4 is 11.9 Å². The van der Waals surface area contributed by atoms with Crippen molar-refractivity contribution in [2.24, 2.45) is 5.92 Å². The van der Waals surface area contributed by atoms with Crippen LogP contribution in [0.4, 0.5) is 4.79 Å². The molecular weight excluding hydrogens is 294 g/mol. The Kier molecular flexibility index (Phi) is 7.15. The van der Waals surface area contributed by atoms with Crippen LogP contribution in [0.5, 0.6) is 0 Å². The monoisotopic (exact) mass is 325 g/mol. The highest BCUT2D eigenvalue weighted by Crippen LogP contribution is 2.19. The van der Waals surface area contributed by atoms with Gasteiger partial charge in [-0.3, -0.25) is 4.79 Å². The quantitative estimate of drug-likeness (QED) is 0.758. The standard InChI is InChI=1S/C17H31N3O3/c1-19(2)17(22)20-11-8-14(9-12-20)16(21)18-10-4-3-6-15-7-5-13-23-15/h14-15H,3-13H2,1-2H3,(H,18,21). The minimum atomic E-state index is 0.0398. The van der Waals surface area contributed by atoms with Crippen molar-refractivity contribution in [3.63, 3.8) is 0 Å². The number of piperidine rings is 1. The van der Waals surface area contributed by atoms with E-state index in [1.54, 1.807) is 19.0 Å². The molecular formula is C17H31N3O3. The van der Waals surface area contributed by atoms with Crippen LogP contribution in [0.1, 0.15) is 44.9 Å². The Morgan fingerprint density at radius 3 is 2.52 bits per heavy atom. The molecule has 2 heterocycles. The van der Waals surface area contributed by atoms with Crippen molar-refractivity contribution in [1.29, 1.82) is 0 Å². The van der Waals surface area contributed by atoms with Crippen molar-refractivity contribution in [3.05, 3.63) is 0 Å². The molecule has 3 amide bonds. The van der Waals surface area contributed by atoms with Crippen molar-refractivity contribution in [1.82, 2.24) is 15.1 Å². The summed E-state index contributed by atoms with van der Waals surface area (Å²) in [6.07, 6.45) is 7.60. The van der Waals surface area contributed by atoms with Crippen LogP contribution in [0.15, 0.2) is 0 Å². The number of carbonyl (C=O) groups is 2. The lowest BCUT2D eigenvalue weighted by atomic mass is 9.96. The average molecular weight is 325 g/mol. The van der Waals surface area contributed by atoms with Gasteiger partial charge in [0.15, 0.2) is 0 Å². The molecule has 132 valence electrons. The van der Waals surface area contributed by atoms with Gasteiger partial charge in [0.05, 0.1) is 6.10 Å². The summed E-state index contributed by atoms with van der Waals surface area (Å²) in [5.74, 6) is 0.207. The van der Waals surface area contributed by atoms with Gasteiger partial charge in [0.2, 0.25) is 5.91 Å². The van der Waals surface area contributed by atoms with Gasteiger partial charge in [-0.25, -0.2) is 4.79 Å². The molecule has 0 aromatic carbocycles. The van der Waals surface area contributed by atoms with Gasteiger partial charge in [-0.1, -0.05) is 0 Å². The molecule has 23 heavy (non-hydrogen) atoms. The highest BCUT2D eigenvalue weighted by Gasteiger charge is 2.27. The van der Waals surface area contributed by atoms with Crippen LogP contribution in [0, 0.1) is 5.92 Å². The topological polar surface area (TPSA) is 61.9 Å². The molecule has 1 N–H and O–H groups in total. The molecule has 2 saturated heterocycles. The van der Waals surface area contributed by atoms with Gasteiger partial charge in [0.25, 0.3) is 0 Å². The van der Waals surface area contributed by atoms with Crippen molar-refractivity contribution in [2.45, 2.75) is 51.0 Å². The number of ether oxygens (including phenoxy) is 1. The van der Waals surface area contributed by atoms with Crippen LogP contribution in [-0.2, 0) is 9.53 Å². The first kappa shape index (κ1) is 18.0. The lowest BCUT2D eigenvalue weighted by molar-refractivity contribution is -0.126. The molecule has 2 rings (SSSR count). The first-order chi connectivity index (χ1) is 11.1. The molecule has 0 bridgehead atoms. The fraction of sp³-hybridized carbons (Fsp3) is 0.882. The number of urea groups is 1. The predicted molar refractivity (Wildman–Crippen MR) is 89.2 cm³/mol. The van der Waals surface area contributed by atoms with E-state index in [2.05, 4.69) is 5.32 Å². The summed E-state index contributed by atoms with van der Waals surface area (Å²) < 4.78 is 5.60. The number of unbranched alkanes of at least 4 members (excludes halogenated alkanes) is 1. The number of nitrogens with one attached hydrogen (secondary N) is 1. The predicted octanol–water partition coefficient (Wildman–Crippen LogP) is 1.85. The van der Waals surface area contributed by atoms with E-state index in [1.165, 1.54) is 12.8 Å². The van der Waals surface area contributed by atoms with E-state index in [1.807, 2.05) is 4.90 Å². The number of hydrogen-bond donors (Lipinski definition) is 1. The van der Waals surface area contributed by atoms with Crippen LogP contribution in [0.2, 0.25) is 0 Å². The van der Waals surface area contributed by atoms with E-state index in [0.717, 1.165) is 45.3 Å². The molecule has 6 nitrogen and oxygen atoms in total. The number of likely N-dealkylation sites (tertiary alicyclic amines) is 1. The van der Waals surface area contributed by atoms with E-state index in [0.29, 0.717) is 19.2 Å². The van der Waals surface area contributed by atoms with Crippen LogP contribution in [-0.4, -0.2) is 68.2 Å². The molecule has 0 aromatic heterocycles. The van der Waals surface area contributed by atoms with E-state index in [-0.39, 0.29) is 17.9 Å². The molecule has 0 aliphatic carbocycles. The fourth-order valence-corrected chi connectivity index (χ4v) is 3.34. The normalized spacial score (nSPS) is 22.2. The summed E-state index contributed by atoms with van der Waals surface area (Å²) in [4.78, 5) is 27.5. The Balaban J connectivity index is 1.55. The van der Waals surface area contributed by atoms with Crippen LogP contribution < -0.4 is 5.32 Å². The third-order valence-corrected chi connectivity index (χ3v) is 4.79. The number of nitrogens with zero attached hydrogens (tertiary/aromatic N) is 2. The van der Waals surface area contributed by atoms with Crippen LogP contribution >= 0.6 is 0 Å². The lowest BCUT2D eigenvalue weighted by Gasteiger charge is -2.33. The molecule has 6 heteroatoms. The summed E-state index contributed by atoms with van der Waals surface area (Å²) in [6.45, 7) is 3.01. The van der Waals surface area contributed by atoms with Gasteiger partial charge >= 0.3 is 6.03 Å². The van der Waals surface area contributed by atoms with Gasteiger partial charge in [0, 0.05) is 46.3 Å². The van der Waals surface area contributed by atoms with Gasteiger partial charge < -0.3 is 19.9 Å². The molecule has 0 aromatic rings. The highest BCUT2D eigenvalue weighted by atomic mass is 16.5. The second-order valence-electron chi connectivity index (χ2n) is 6.86. The Morgan fingerprint density at radius 1 is 1.17 bits per heavy atom. The maximum atomic E-state index is 12.2. The summed E-state index contributed by atoms with van der Waals surface area (Å²) >= 11 is 0. The first-order valence-electron chi connectivity index (χ1n) is 8.93. The third-order valence-electron chi connectivity index (χ3n) is 4.79. The molecule has 2 aliphatic rings. The number of rotatable bonds is 6. The molecule has 1 unspecified atom stereocenters. The molecule has 1 atom stereocenters. The Bertz CT molecular complexity index is 387. The van der Waals surface area contributed by atoms with Gasteiger partial charge in [-0.05, 0) is 44.9 Å². The zero-order chi connectivity index (χ0) is 16.7. The fourth-order valence-electron chi connectivity index (χ4n) is 3.34. The summed E-state index contributed by atoms with van der Waals surface area (Å²) in [7, 11) is 3.52. The van der Waals surface area contributed by atoms with Crippen LogP contribution in [0.3, 0.4) is 0 Å². The maximum absolute atomic E-state index is 12.2. The van der Waals surface area contributed by atoms with Crippen molar-refractivity contribution in [2.75, 3.05) is 40.3 Å². The van der Waals surface area contributed by atoms with Crippen molar-refractivity contribution < 1.29 is 14.3 Å². The second kappa shape index (κ2) is 9.11. The van der Waals surface area contributed by atoms with Crippen LogP contribution in [0.25, 0.3) is 0 Å². The SMILES string of the molecule is CN(C)C(=O)N1CCC(C(=O)NCCCCC2CCCO2)CC1. The molecule has 0 saturated carbocycles. The highest BCUT2D eigenvalue weighted by molar-refractivity contribution is 5.79. The third kappa shape index (κ3) is 5.68. The van der Waals surface area contributed by atoms with Gasteiger partial charge in [0.1, 0.15) is 0 Å². The zero-order valence-electron chi connectivity index (χ0n) is 14.6. The number of hydrogen-bond acceptors (Lipinski definition) is 3. The summed E-state index contributed by atoms with van der Waals surface area (Å²) in [6, 6.07) is 0.0398. The zero-order valence-corrected chi connectivity index (χ0v) is 14.6. The van der Waals surface area contributed by atoms with E-state index in [9.17, 15) is 9.59 Å². The van der Waals surface area contributed by atoms with E-state index < -0.39 is 0 Å². The van der Waals surface area contributed by atoms with Gasteiger partial charge in [-0.15, -0.1) is 0 Å². The van der Waals surface area contributed by atoms with Gasteiger partial charge in [-0.2, -0.15) is 0 Å². The van der Waals surface area contributed by atoms with E-state index in [4.69, 9.17) is 4.74 Å². The Labute approximate surface area is 139 Å². The molecule has 0 spiro atoms. The Hall–Kier alpha value is -1.30. The Morgan fingerprint density at radius 2 is 1.91 bits per heavy atom. The first-order valence-corrected chi connectivity index (χ1v) is 8.93. The number of amides is 3. The largest absolute Gasteiger partial charge is 0.378 e. The van der Waals surface area contributed by atoms with Crippen molar-refractivity contribution in [3.8, 4) is 0 Å². The summed E-state index contributed by atoms with van der Waals surface area (Å²) in [5.41, 5.74) is 0. The number of carbonyl (C=O) groups excluding carboxylic acids is 2. The maximum Gasteiger partial charge on any atom is 0.319 e.